The Hall–Kier alpha value is -3.35. The Bertz CT molecular complexity index is 1050. The minimum atomic E-state index is -0.931. The molecule has 1 saturated heterocycles. The van der Waals surface area contributed by atoms with Gasteiger partial charge in [-0.3, -0.25) is 4.79 Å². The maximum atomic E-state index is 13.0. The third kappa shape index (κ3) is 4.27. The fraction of sp³-hybridized carbons (Fsp3) is 0.444. The predicted molar refractivity (Wildman–Crippen MR) is 126 cm³/mol. The maximum Gasteiger partial charge on any atom is 0.407 e. The quantitative estimate of drug-likeness (QED) is 0.696. The summed E-state index contributed by atoms with van der Waals surface area (Å²) in [5, 5.41) is 12.4. The van der Waals surface area contributed by atoms with Crippen molar-refractivity contribution < 1.29 is 24.2 Å². The molecular formula is C27H30N2O5. The minimum Gasteiger partial charge on any atom is -0.480 e. The van der Waals surface area contributed by atoms with Crippen LogP contribution in [-0.2, 0) is 14.3 Å². The Morgan fingerprint density at radius 3 is 2.29 bits per heavy atom. The number of rotatable bonds is 5. The first kappa shape index (κ1) is 22.4. The third-order valence-electron chi connectivity index (χ3n) is 7.52. The number of alkyl carbamates (subject to hydrolysis) is 1. The number of hydrogen-bond donors (Lipinski definition) is 2. The molecule has 3 atom stereocenters. The molecule has 1 saturated carbocycles. The molecule has 1 aliphatic heterocycles. The number of amides is 2. The summed E-state index contributed by atoms with van der Waals surface area (Å²) in [4.78, 5) is 38.7. The van der Waals surface area contributed by atoms with Crippen LogP contribution in [0.5, 0.6) is 0 Å². The van der Waals surface area contributed by atoms with Gasteiger partial charge in [-0.05, 0) is 60.8 Å². The Labute approximate surface area is 199 Å². The molecule has 178 valence electrons. The summed E-state index contributed by atoms with van der Waals surface area (Å²) in [5.41, 5.74) is 4.69. The molecule has 0 spiro atoms. The van der Waals surface area contributed by atoms with Gasteiger partial charge in [-0.15, -0.1) is 0 Å². The average Bonchev–Trinajstić information content (AvgIpc) is 3.45. The van der Waals surface area contributed by atoms with Crippen LogP contribution in [0.2, 0.25) is 0 Å². The maximum absolute atomic E-state index is 13.0. The molecule has 2 N–H and O–H groups in total. The van der Waals surface area contributed by atoms with Crippen LogP contribution in [0.4, 0.5) is 4.79 Å². The van der Waals surface area contributed by atoms with E-state index in [0.29, 0.717) is 32.2 Å². The molecule has 5 rings (SSSR count). The summed E-state index contributed by atoms with van der Waals surface area (Å²) in [6.07, 6.45) is 3.56. The summed E-state index contributed by atoms with van der Waals surface area (Å²) in [6, 6.07) is 15.5. The predicted octanol–water partition coefficient (Wildman–Crippen LogP) is 4.16. The van der Waals surface area contributed by atoms with Crippen LogP contribution in [-0.4, -0.2) is 53.2 Å². The number of fused-ring (bicyclic) bond motifs is 3. The minimum absolute atomic E-state index is 0.00288. The van der Waals surface area contributed by atoms with E-state index >= 15 is 0 Å². The summed E-state index contributed by atoms with van der Waals surface area (Å²) in [5.74, 6) is -1.27. The number of likely N-dealkylation sites (tertiary alicyclic amines) is 1. The molecule has 7 nitrogen and oxygen atoms in total. The fourth-order valence-corrected chi connectivity index (χ4v) is 5.83. The second-order valence-electron chi connectivity index (χ2n) is 9.56. The van der Waals surface area contributed by atoms with Crippen molar-refractivity contribution in [2.24, 2.45) is 5.92 Å². The molecule has 0 unspecified atom stereocenters. The zero-order valence-electron chi connectivity index (χ0n) is 19.1. The van der Waals surface area contributed by atoms with Gasteiger partial charge >= 0.3 is 12.1 Å². The molecule has 0 bridgehead atoms. The molecule has 0 radical (unpaired) electrons. The van der Waals surface area contributed by atoms with Crippen LogP contribution in [0.1, 0.15) is 55.6 Å². The third-order valence-corrected chi connectivity index (χ3v) is 7.52. The highest BCUT2D eigenvalue weighted by Gasteiger charge is 2.39. The highest BCUT2D eigenvalue weighted by Crippen LogP contribution is 2.44. The summed E-state index contributed by atoms with van der Waals surface area (Å²) >= 11 is 0. The van der Waals surface area contributed by atoms with E-state index in [2.05, 4.69) is 29.6 Å². The van der Waals surface area contributed by atoms with Crippen LogP contribution in [0, 0.1) is 5.92 Å². The Kier molecular flexibility index (Phi) is 6.26. The van der Waals surface area contributed by atoms with Crippen molar-refractivity contribution in [3.63, 3.8) is 0 Å². The molecule has 2 aliphatic carbocycles. The van der Waals surface area contributed by atoms with Gasteiger partial charge in [0.05, 0.1) is 0 Å². The largest absolute Gasteiger partial charge is 0.480 e. The lowest BCUT2D eigenvalue weighted by atomic mass is 9.98. The number of benzene rings is 2. The van der Waals surface area contributed by atoms with Crippen molar-refractivity contribution >= 4 is 18.0 Å². The van der Waals surface area contributed by atoms with Crippen molar-refractivity contribution in [3.05, 3.63) is 59.7 Å². The van der Waals surface area contributed by atoms with Crippen LogP contribution in [0.3, 0.4) is 0 Å². The first-order valence-corrected chi connectivity index (χ1v) is 12.2. The number of nitrogens with zero attached hydrogens (tertiary/aromatic N) is 1. The van der Waals surface area contributed by atoms with Gasteiger partial charge in [0, 0.05) is 24.4 Å². The van der Waals surface area contributed by atoms with E-state index in [4.69, 9.17) is 4.74 Å². The zero-order valence-corrected chi connectivity index (χ0v) is 19.1. The molecule has 2 aromatic carbocycles. The molecule has 2 fully saturated rings. The Morgan fingerprint density at radius 2 is 1.62 bits per heavy atom. The van der Waals surface area contributed by atoms with Crippen molar-refractivity contribution in [2.75, 3.05) is 13.2 Å². The van der Waals surface area contributed by atoms with Crippen LogP contribution < -0.4 is 5.32 Å². The first-order chi connectivity index (χ1) is 16.5. The SMILES string of the molecule is O=C(N[C@H]1CC[C@@H](C(=O)N2CCCC[C@H]2C(=O)O)C1)OCC1c2ccccc2-c2ccccc21. The van der Waals surface area contributed by atoms with E-state index < -0.39 is 18.1 Å². The van der Waals surface area contributed by atoms with Gasteiger partial charge in [0.1, 0.15) is 12.6 Å². The van der Waals surface area contributed by atoms with E-state index in [-0.39, 0.29) is 30.4 Å². The molecular weight excluding hydrogens is 432 g/mol. The molecule has 34 heavy (non-hydrogen) atoms. The lowest BCUT2D eigenvalue weighted by Gasteiger charge is -2.34. The normalized spacial score (nSPS) is 23.8. The van der Waals surface area contributed by atoms with Crippen LogP contribution in [0.25, 0.3) is 11.1 Å². The lowest BCUT2D eigenvalue weighted by molar-refractivity contribution is -0.153. The number of aliphatic carboxylic acids is 1. The summed E-state index contributed by atoms with van der Waals surface area (Å²) in [6.45, 7) is 0.750. The second-order valence-corrected chi connectivity index (χ2v) is 9.56. The van der Waals surface area contributed by atoms with E-state index in [0.717, 1.165) is 24.0 Å². The lowest BCUT2D eigenvalue weighted by Crippen LogP contribution is -2.50. The molecule has 0 aromatic heterocycles. The van der Waals surface area contributed by atoms with Crippen molar-refractivity contribution in [2.45, 2.75) is 56.5 Å². The average molecular weight is 463 g/mol. The zero-order chi connectivity index (χ0) is 23.7. The number of nitrogens with one attached hydrogen (secondary N) is 1. The molecule has 1 heterocycles. The van der Waals surface area contributed by atoms with E-state index in [1.165, 1.54) is 16.0 Å². The number of hydrogen-bond acceptors (Lipinski definition) is 4. The highest BCUT2D eigenvalue weighted by molar-refractivity contribution is 5.85. The van der Waals surface area contributed by atoms with Gasteiger partial charge in [-0.2, -0.15) is 0 Å². The van der Waals surface area contributed by atoms with Gasteiger partial charge in [0.25, 0.3) is 0 Å². The number of ether oxygens (including phenoxy) is 1. The van der Waals surface area contributed by atoms with E-state index in [1.807, 2.05) is 24.3 Å². The Balaban J connectivity index is 1.16. The molecule has 2 aromatic rings. The first-order valence-electron chi connectivity index (χ1n) is 12.2. The van der Waals surface area contributed by atoms with Gasteiger partial charge in [-0.1, -0.05) is 48.5 Å². The number of carbonyl (C=O) groups excluding carboxylic acids is 2. The van der Waals surface area contributed by atoms with Crippen molar-refractivity contribution in [1.82, 2.24) is 10.2 Å². The van der Waals surface area contributed by atoms with E-state index in [1.54, 1.807) is 0 Å². The smallest absolute Gasteiger partial charge is 0.407 e. The topological polar surface area (TPSA) is 95.9 Å². The van der Waals surface area contributed by atoms with Gasteiger partial charge in [0.15, 0.2) is 0 Å². The summed E-state index contributed by atoms with van der Waals surface area (Å²) in [7, 11) is 0. The number of carbonyl (C=O) groups is 3. The van der Waals surface area contributed by atoms with Crippen LogP contribution >= 0.6 is 0 Å². The van der Waals surface area contributed by atoms with Gasteiger partial charge < -0.3 is 20.1 Å². The monoisotopic (exact) mass is 462 g/mol. The number of carboxylic acid groups (broad SMARTS) is 1. The standard InChI is InChI=1S/C27H30N2O5/c30-25(29-14-6-5-11-24(29)26(31)32)17-12-13-18(15-17)28-27(33)34-16-23-21-9-3-1-7-19(21)20-8-2-4-10-22(20)23/h1-4,7-10,17-18,23-24H,5-6,11-16H2,(H,28,33)(H,31,32)/t17-,18+,24+/m1/s1. The number of carboxylic acids is 1. The van der Waals surface area contributed by atoms with Crippen molar-refractivity contribution in [1.29, 1.82) is 0 Å². The molecule has 3 aliphatic rings. The summed E-state index contributed by atoms with van der Waals surface area (Å²) < 4.78 is 5.64. The van der Waals surface area contributed by atoms with Gasteiger partial charge in [-0.25, -0.2) is 9.59 Å². The van der Waals surface area contributed by atoms with E-state index in [9.17, 15) is 19.5 Å². The second kappa shape index (κ2) is 9.49. The van der Waals surface area contributed by atoms with Crippen LogP contribution in [0.15, 0.2) is 48.5 Å². The fourth-order valence-electron chi connectivity index (χ4n) is 5.83. The molecule has 2 amide bonds. The molecule has 7 heteroatoms. The van der Waals surface area contributed by atoms with Crippen molar-refractivity contribution in [3.8, 4) is 11.1 Å². The number of piperidine rings is 1. The van der Waals surface area contributed by atoms with Gasteiger partial charge in [0.2, 0.25) is 5.91 Å². The highest BCUT2D eigenvalue weighted by atomic mass is 16.5. The Morgan fingerprint density at radius 1 is 0.941 bits per heavy atom.